The van der Waals surface area contributed by atoms with E-state index >= 15 is 0 Å². The maximum atomic E-state index is 13.0. The Bertz CT molecular complexity index is 1240. The summed E-state index contributed by atoms with van der Waals surface area (Å²) in [5.41, 5.74) is 2.42. The second-order valence-electron chi connectivity index (χ2n) is 8.56. The summed E-state index contributed by atoms with van der Waals surface area (Å²) in [7, 11) is 0. The number of thioether (sulfide) groups is 1. The number of nitrogens with zero attached hydrogens (tertiary/aromatic N) is 5. The third-order valence-corrected chi connectivity index (χ3v) is 7.26. The molecule has 35 heavy (non-hydrogen) atoms. The second kappa shape index (κ2) is 10.8. The highest BCUT2D eigenvalue weighted by Gasteiger charge is 2.26. The monoisotopic (exact) mass is 497 g/mol. The number of benzene rings is 1. The molecule has 1 aliphatic carbocycles. The van der Waals surface area contributed by atoms with Crippen molar-refractivity contribution in [3.05, 3.63) is 52.7 Å². The molecule has 11 heteroatoms. The van der Waals surface area contributed by atoms with Gasteiger partial charge in [-0.05, 0) is 56.5 Å². The van der Waals surface area contributed by atoms with E-state index in [1.54, 1.807) is 0 Å². The van der Waals surface area contributed by atoms with E-state index in [-0.39, 0.29) is 30.1 Å². The van der Waals surface area contributed by atoms with Crippen molar-refractivity contribution >= 4 is 23.5 Å². The molecule has 2 heterocycles. The topological polar surface area (TPSA) is 124 Å². The number of nitriles is 1. The molecule has 1 amide bonds. The van der Waals surface area contributed by atoms with Gasteiger partial charge >= 0.3 is 0 Å². The number of carbonyl (C=O) groups is 1. The number of anilines is 1. The van der Waals surface area contributed by atoms with Crippen LogP contribution < -0.4 is 15.9 Å². The van der Waals surface area contributed by atoms with Gasteiger partial charge in [0.2, 0.25) is 11.1 Å². The Hall–Kier alpha value is -3.52. The predicted molar refractivity (Wildman–Crippen MR) is 131 cm³/mol. The van der Waals surface area contributed by atoms with Crippen molar-refractivity contribution in [2.75, 3.05) is 16.9 Å². The summed E-state index contributed by atoms with van der Waals surface area (Å²) < 4.78 is 22.0. The molecular weight excluding hydrogens is 469 g/mol. The summed E-state index contributed by atoms with van der Waals surface area (Å²) in [5.74, 6) is 6.92. The van der Waals surface area contributed by atoms with E-state index < -0.39 is 0 Å². The number of nitrogens with two attached hydrogens (primary N) is 1. The molecule has 4 rings (SSSR count). The maximum absolute atomic E-state index is 13.0. The van der Waals surface area contributed by atoms with Crippen LogP contribution >= 0.6 is 11.8 Å². The Morgan fingerprint density at radius 3 is 2.66 bits per heavy atom. The molecule has 9 nitrogen and oxygen atoms in total. The molecule has 184 valence electrons. The molecule has 1 aliphatic rings. The molecule has 0 radical (unpaired) electrons. The van der Waals surface area contributed by atoms with Gasteiger partial charge in [0.05, 0.1) is 11.3 Å². The zero-order valence-corrected chi connectivity index (χ0v) is 20.6. The summed E-state index contributed by atoms with van der Waals surface area (Å²) in [6, 6.07) is 8.16. The lowest BCUT2D eigenvalue weighted by atomic mass is 9.95. The SMILES string of the molecule is Cc1c(C#N)c(NC(=O)CSc2nnc(COc3ccc(F)cc3)n2N)n(C2CCCCC2)c1C. The second-order valence-corrected chi connectivity index (χ2v) is 9.50. The number of hydrogen-bond acceptors (Lipinski definition) is 7. The van der Waals surface area contributed by atoms with Crippen LogP contribution in [0.5, 0.6) is 5.75 Å². The minimum atomic E-state index is -0.352. The van der Waals surface area contributed by atoms with E-state index in [4.69, 9.17) is 10.6 Å². The van der Waals surface area contributed by atoms with Crippen LogP contribution in [-0.4, -0.2) is 31.1 Å². The number of amides is 1. The van der Waals surface area contributed by atoms with Crippen molar-refractivity contribution < 1.29 is 13.9 Å². The number of nitrogen functional groups attached to an aromatic ring is 1. The summed E-state index contributed by atoms with van der Waals surface area (Å²) in [5, 5.41) is 21.1. The van der Waals surface area contributed by atoms with Crippen molar-refractivity contribution in [3.8, 4) is 11.8 Å². The molecule has 1 fully saturated rings. The van der Waals surface area contributed by atoms with Crippen LogP contribution in [0, 0.1) is 31.0 Å². The van der Waals surface area contributed by atoms with Gasteiger partial charge in [-0.15, -0.1) is 10.2 Å². The number of ether oxygens (including phenoxy) is 1. The number of rotatable bonds is 8. The summed E-state index contributed by atoms with van der Waals surface area (Å²) >= 11 is 1.14. The van der Waals surface area contributed by atoms with Gasteiger partial charge in [0.1, 0.15) is 30.1 Å². The van der Waals surface area contributed by atoms with Crippen LogP contribution in [0.2, 0.25) is 0 Å². The zero-order valence-electron chi connectivity index (χ0n) is 19.8. The largest absolute Gasteiger partial charge is 0.486 e. The van der Waals surface area contributed by atoms with E-state index in [0.29, 0.717) is 28.1 Å². The van der Waals surface area contributed by atoms with Crippen molar-refractivity contribution in [1.82, 2.24) is 19.4 Å². The van der Waals surface area contributed by atoms with E-state index in [0.717, 1.165) is 48.7 Å². The molecule has 3 aromatic rings. The quantitative estimate of drug-likeness (QED) is 0.352. The zero-order chi connectivity index (χ0) is 24.9. The number of nitrogens with one attached hydrogen (secondary N) is 1. The fourth-order valence-electron chi connectivity index (χ4n) is 4.36. The van der Waals surface area contributed by atoms with Crippen LogP contribution in [0.1, 0.15) is 60.8 Å². The summed E-state index contributed by atoms with van der Waals surface area (Å²) in [6.45, 7) is 3.96. The lowest BCUT2D eigenvalue weighted by molar-refractivity contribution is -0.113. The van der Waals surface area contributed by atoms with Crippen molar-refractivity contribution in [1.29, 1.82) is 5.26 Å². The van der Waals surface area contributed by atoms with Gasteiger partial charge < -0.3 is 20.5 Å². The average molecular weight is 498 g/mol. The summed E-state index contributed by atoms with van der Waals surface area (Å²) in [4.78, 5) is 12.9. The molecule has 0 unspecified atom stereocenters. The van der Waals surface area contributed by atoms with Crippen LogP contribution in [0.3, 0.4) is 0 Å². The normalized spacial score (nSPS) is 14.0. The number of aromatic nitrogens is 4. The van der Waals surface area contributed by atoms with Crippen molar-refractivity contribution in [3.63, 3.8) is 0 Å². The van der Waals surface area contributed by atoms with Gasteiger partial charge in [-0.1, -0.05) is 31.0 Å². The first kappa shape index (κ1) is 24.6. The highest BCUT2D eigenvalue weighted by Crippen LogP contribution is 2.36. The van der Waals surface area contributed by atoms with Gasteiger partial charge in [-0.2, -0.15) is 5.26 Å². The average Bonchev–Trinajstić information content (AvgIpc) is 3.33. The third kappa shape index (κ3) is 5.43. The number of carbonyl (C=O) groups excluding carboxylic acids is 1. The highest BCUT2D eigenvalue weighted by molar-refractivity contribution is 7.99. The first-order valence-electron chi connectivity index (χ1n) is 11.5. The molecule has 0 atom stereocenters. The van der Waals surface area contributed by atoms with Crippen LogP contribution in [-0.2, 0) is 11.4 Å². The Morgan fingerprint density at radius 1 is 1.26 bits per heavy atom. The number of halogens is 1. The fraction of sp³-hybridized carbons (Fsp3) is 0.417. The van der Waals surface area contributed by atoms with Gasteiger partial charge in [0.15, 0.2) is 5.82 Å². The molecule has 1 saturated carbocycles. The van der Waals surface area contributed by atoms with Gasteiger partial charge in [-0.3, -0.25) is 4.79 Å². The van der Waals surface area contributed by atoms with Crippen LogP contribution in [0.15, 0.2) is 29.4 Å². The van der Waals surface area contributed by atoms with Crippen LogP contribution in [0.25, 0.3) is 0 Å². The lowest BCUT2D eigenvalue weighted by Gasteiger charge is -2.27. The van der Waals surface area contributed by atoms with E-state index in [9.17, 15) is 14.4 Å². The minimum absolute atomic E-state index is 0.0425. The first-order valence-corrected chi connectivity index (χ1v) is 12.5. The standard InChI is InChI=1S/C24H28FN7O2S/c1-15-16(2)31(18-6-4-3-5-7-18)23(20(15)12-26)28-22(33)14-35-24-30-29-21(32(24)27)13-34-19-10-8-17(25)9-11-19/h8-11,18H,3-7,13-14,27H2,1-2H3,(H,28,33). The number of hydrogen-bond donors (Lipinski definition) is 2. The Morgan fingerprint density at radius 2 is 1.97 bits per heavy atom. The predicted octanol–water partition coefficient (Wildman–Crippen LogP) is 4.24. The molecule has 0 bridgehead atoms. The lowest BCUT2D eigenvalue weighted by Crippen LogP contribution is -2.22. The first-order chi connectivity index (χ1) is 16.9. The molecule has 0 aliphatic heterocycles. The van der Waals surface area contributed by atoms with Crippen molar-refractivity contribution in [2.24, 2.45) is 0 Å². The van der Waals surface area contributed by atoms with E-state index in [1.807, 2.05) is 13.8 Å². The van der Waals surface area contributed by atoms with E-state index in [2.05, 4.69) is 26.2 Å². The van der Waals surface area contributed by atoms with Gasteiger partial charge in [0, 0.05) is 11.7 Å². The Balaban J connectivity index is 1.40. The van der Waals surface area contributed by atoms with Gasteiger partial charge in [0.25, 0.3) is 0 Å². The van der Waals surface area contributed by atoms with Gasteiger partial charge in [-0.25, -0.2) is 9.07 Å². The molecule has 3 N–H and O–H groups in total. The molecule has 0 spiro atoms. The molecular formula is C24H28FN7O2S. The minimum Gasteiger partial charge on any atom is -0.486 e. The van der Waals surface area contributed by atoms with Crippen molar-refractivity contribution in [2.45, 2.75) is 63.8 Å². The maximum Gasteiger partial charge on any atom is 0.235 e. The van der Waals surface area contributed by atoms with Crippen LogP contribution in [0.4, 0.5) is 10.2 Å². The Labute approximate surface area is 207 Å². The third-order valence-electron chi connectivity index (χ3n) is 6.32. The fourth-order valence-corrected chi connectivity index (χ4v) is 5.04. The highest BCUT2D eigenvalue weighted by atomic mass is 32.2. The molecule has 0 saturated heterocycles. The Kier molecular flexibility index (Phi) is 7.60. The molecule has 2 aromatic heterocycles. The molecule has 1 aromatic carbocycles. The smallest absolute Gasteiger partial charge is 0.235 e. The summed E-state index contributed by atoms with van der Waals surface area (Å²) in [6.07, 6.45) is 5.58. The van der Waals surface area contributed by atoms with E-state index in [1.165, 1.54) is 35.4 Å².